The Morgan fingerprint density at radius 1 is 0.964 bits per heavy atom. The van der Waals surface area contributed by atoms with Gasteiger partial charge in [-0.1, -0.05) is 18.0 Å². The number of benzene rings is 2. The molecule has 0 aromatic heterocycles. The summed E-state index contributed by atoms with van der Waals surface area (Å²) in [6, 6.07) is 9.92. The molecule has 1 heterocycles. The Labute approximate surface area is 170 Å². The number of nitrogens with zero attached hydrogens (tertiary/aromatic N) is 1. The van der Waals surface area contributed by atoms with Crippen molar-refractivity contribution in [2.24, 2.45) is 0 Å². The van der Waals surface area contributed by atoms with Gasteiger partial charge in [0, 0.05) is 23.8 Å². The highest BCUT2D eigenvalue weighted by Gasteiger charge is 2.26. The van der Waals surface area contributed by atoms with Gasteiger partial charge in [0.15, 0.2) is 0 Å². The van der Waals surface area contributed by atoms with Crippen molar-refractivity contribution in [3.63, 3.8) is 0 Å². The minimum absolute atomic E-state index is 0.104. The molecule has 1 N–H and O–H groups in total. The highest BCUT2D eigenvalue weighted by atomic mass is 35.5. The van der Waals surface area contributed by atoms with Crippen molar-refractivity contribution in [1.82, 2.24) is 4.31 Å². The van der Waals surface area contributed by atoms with Gasteiger partial charge in [0.25, 0.3) is 10.0 Å². The lowest BCUT2D eigenvalue weighted by Gasteiger charge is -2.25. The summed E-state index contributed by atoms with van der Waals surface area (Å²) in [6.45, 7) is 1.01. The van der Waals surface area contributed by atoms with E-state index in [1.807, 2.05) is 0 Å². The Kier molecular flexibility index (Phi) is 6.18. The first-order valence-electron chi connectivity index (χ1n) is 8.70. The number of methoxy groups -OCH3 is 1. The van der Waals surface area contributed by atoms with E-state index in [9.17, 15) is 16.8 Å². The summed E-state index contributed by atoms with van der Waals surface area (Å²) < 4.78 is 59.7. The Morgan fingerprint density at radius 3 is 2.21 bits per heavy atom. The van der Waals surface area contributed by atoms with Crippen LogP contribution in [0.1, 0.15) is 19.3 Å². The van der Waals surface area contributed by atoms with Crippen LogP contribution in [0.25, 0.3) is 0 Å². The number of rotatable bonds is 6. The molecule has 0 bridgehead atoms. The molecule has 0 saturated carbocycles. The Balaban J connectivity index is 1.83. The average molecular weight is 445 g/mol. The smallest absolute Gasteiger partial charge is 0.265 e. The molecule has 0 aliphatic carbocycles. The summed E-state index contributed by atoms with van der Waals surface area (Å²) in [6.07, 6.45) is 2.72. The minimum Gasteiger partial charge on any atom is -0.495 e. The van der Waals surface area contributed by atoms with E-state index in [2.05, 4.69) is 4.72 Å². The number of piperidine rings is 1. The Morgan fingerprint density at radius 2 is 1.61 bits per heavy atom. The number of ether oxygens (including phenoxy) is 1. The first kappa shape index (κ1) is 20.9. The van der Waals surface area contributed by atoms with Gasteiger partial charge < -0.3 is 4.74 Å². The molecule has 7 nitrogen and oxygen atoms in total. The molecule has 1 aliphatic heterocycles. The summed E-state index contributed by atoms with van der Waals surface area (Å²) >= 11 is 5.91. The van der Waals surface area contributed by atoms with Crippen LogP contribution in [-0.2, 0) is 20.0 Å². The van der Waals surface area contributed by atoms with Crippen molar-refractivity contribution in [2.45, 2.75) is 29.1 Å². The lowest BCUT2D eigenvalue weighted by Crippen LogP contribution is -2.35. The summed E-state index contributed by atoms with van der Waals surface area (Å²) in [5, 5.41) is 0.254. The van der Waals surface area contributed by atoms with Crippen molar-refractivity contribution in [3.8, 4) is 5.75 Å². The first-order chi connectivity index (χ1) is 13.2. The third-order valence-electron chi connectivity index (χ3n) is 4.47. The number of sulfonamides is 2. The van der Waals surface area contributed by atoms with E-state index < -0.39 is 20.0 Å². The number of nitrogens with one attached hydrogen (secondary N) is 1. The molecule has 0 radical (unpaired) electrons. The maximum Gasteiger partial charge on any atom is 0.265 e. The van der Waals surface area contributed by atoms with Gasteiger partial charge in [-0.2, -0.15) is 4.31 Å². The average Bonchev–Trinajstić information content (AvgIpc) is 2.69. The van der Waals surface area contributed by atoms with Gasteiger partial charge in [-0.15, -0.1) is 0 Å². The van der Waals surface area contributed by atoms with Gasteiger partial charge in [-0.05, 0) is 55.3 Å². The zero-order valence-corrected chi connectivity index (χ0v) is 17.6. The Hall–Kier alpha value is -1.81. The molecule has 1 fully saturated rings. The zero-order valence-electron chi connectivity index (χ0n) is 15.3. The second-order valence-electron chi connectivity index (χ2n) is 6.39. The van der Waals surface area contributed by atoms with Crippen LogP contribution in [0.4, 0.5) is 5.69 Å². The van der Waals surface area contributed by atoms with Crippen molar-refractivity contribution in [1.29, 1.82) is 0 Å². The molecule has 10 heteroatoms. The van der Waals surface area contributed by atoms with Gasteiger partial charge in [0.05, 0.1) is 12.0 Å². The van der Waals surface area contributed by atoms with Gasteiger partial charge in [-0.3, -0.25) is 4.72 Å². The third-order valence-corrected chi connectivity index (χ3v) is 8.02. The number of hydrogen-bond donors (Lipinski definition) is 1. The molecule has 0 amide bonds. The number of anilines is 1. The van der Waals surface area contributed by atoms with E-state index in [1.54, 1.807) is 0 Å². The maximum absolute atomic E-state index is 12.7. The van der Waals surface area contributed by atoms with Crippen molar-refractivity contribution in [3.05, 3.63) is 47.5 Å². The molecule has 1 saturated heterocycles. The van der Waals surface area contributed by atoms with Crippen LogP contribution < -0.4 is 9.46 Å². The largest absolute Gasteiger partial charge is 0.495 e. The van der Waals surface area contributed by atoms with Crippen LogP contribution in [-0.4, -0.2) is 41.3 Å². The molecule has 0 atom stereocenters. The predicted molar refractivity (Wildman–Crippen MR) is 108 cm³/mol. The molecule has 28 heavy (non-hydrogen) atoms. The second-order valence-corrected chi connectivity index (χ2v) is 10.4. The summed E-state index contributed by atoms with van der Waals surface area (Å²) in [5.74, 6) is 0.154. The van der Waals surface area contributed by atoms with Crippen molar-refractivity contribution >= 4 is 37.3 Å². The van der Waals surface area contributed by atoms with Gasteiger partial charge in [0.1, 0.15) is 10.6 Å². The zero-order chi connectivity index (χ0) is 20.4. The fourth-order valence-corrected chi connectivity index (χ4v) is 6.03. The molecular formula is C18H21ClN2O5S2. The molecule has 2 aromatic rings. The van der Waals surface area contributed by atoms with E-state index in [-0.39, 0.29) is 26.3 Å². The lowest BCUT2D eigenvalue weighted by atomic mass is 10.2. The second kappa shape index (κ2) is 8.28. The fraction of sp³-hybridized carbons (Fsp3) is 0.333. The van der Waals surface area contributed by atoms with Gasteiger partial charge in [-0.25, -0.2) is 16.8 Å². The molecule has 2 aromatic carbocycles. The molecular weight excluding hydrogens is 424 g/mol. The van der Waals surface area contributed by atoms with E-state index >= 15 is 0 Å². The maximum atomic E-state index is 12.7. The van der Waals surface area contributed by atoms with Crippen LogP contribution in [0.5, 0.6) is 5.75 Å². The van der Waals surface area contributed by atoms with Crippen LogP contribution in [0, 0.1) is 0 Å². The van der Waals surface area contributed by atoms with Gasteiger partial charge >= 0.3 is 0 Å². The topological polar surface area (TPSA) is 92.8 Å². The van der Waals surface area contributed by atoms with E-state index in [0.29, 0.717) is 13.1 Å². The fourth-order valence-electron chi connectivity index (χ4n) is 3.02. The van der Waals surface area contributed by atoms with Crippen molar-refractivity contribution in [2.75, 3.05) is 24.9 Å². The molecule has 0 spiro atoms. The Bertz CT molecular complexity index is 1050. The predicted octanol–water partition coefficient (Wildman–Crippen LogP) is 3.32. The number of hydrogen-bond acceptors (Lipinski definition) is 5. The third kappa shape index (κ3) is 4.43. The van der Waals surface area contributed by atoms with Crippen LogP contribution >= 0.6 is 11.6 Å². The summed E-state index contributed by atoms with van der Waals surface area (Å²) in [5.41, 5.74) is 0.236. The summed E-state index contributed by atoms with van der Waals surface area (Å²) in [4.78, 5) is 0.0326. The highest BCUT2D eigenvalue weighted by molar-refractivity contribution is 7.92. The van der Waals surface area contributed by atoms with E-state index in [1.165, 1.54) is 53.9 Å². The minimum atomic E-state index is -3.97. The molecule has 3 rings (SSSR count). The summed E-state index contributed by atoms with van der Waals surface area (Å²) in [7, 11) is -6.18. The van der Waals surface area contributed by atoms with Crippen molar-refractivity contribution < 1.29 is 21.6 Å². The van der Waals surface area contributed by atoms with Crippen LogP contribution in [0.15, 0.2) is 52.3 Å². The normalized spacial score (nSPS) is 15.9. The van der Waals surface area contributed by atoms with Crippen LogP contribution in [0.3, 0.4) is 0 Å². The molecule has 1 aliphatic rings. The lowest BCUT2D eigenvalue weighted by molar-refractivity contribution is 0.346. The van der Waals surface area contributed by atoms with E-state index in [0.717, 1.165) is 19.3 Å². The van der Waals surface area contributed by atoms with E-state index in [4.69, 9.17) is 16.3 Å². The molecule has 0 unspecified atom stereocenters. The SMILES string of the molecule is COc1ccc(Cl)cc1S(=O)(=O)Nc1ccc(S(=O)(=O)N2CCCCC2)cc1. The highest BCUT2D eigenvalue weighted by Crippen LogP contribution is 2.29. The number of halogens is 1. The molecule has 152 valence electrons. The standard InChI is InChI=1S/C18H21ClN2O5S2/c1-26-17-10-5-14(19)13-18(17)27(22,23)20-15-6-8-16(9-7-15)28(24,25)21-11-3-2-4-12-21/h5-10,13,20H,2-4,11-12H2,1H3. The van der Waals surface area contributed by atoms with Crippen LogP contribution in [0.2, 0.25) is 5.02 Å². The van der Waals surface area contributed by atoms with Gasteiger partial charge in [0.2, 0.25) is 10.0 Å². The first-order valence-corrected chi connectivity index (χ1v) is 12.0. The quantitative estimate of drug-likeness (QED) is 0.737. The monoisotopic (exact) mass is 444 g/mol.